The molecular weight excluding hydrogens is 1020 g/mol. The summed E-state index contributed by atoms with van der Waals surface area (Å²) in [6, 6.07) is 110. The van der Waals surface area contributed by atoms with E-state index >= 15 is 0 Å². The highest BCUT2D eigenvalue weighted by Gasteiger charge is 2.44. The first kappa shape index (κ1) is 49.2. The molecule has 0 radical (unpaired) electrons. The summed E-state index contributed by atoms with van der Waals surface area (Å²) in [6.07, 6.45) is 0. The molecule has 15 aromatic carbocycles. The average Bonchev–Trinajstić information content (AvgIpc) is 0.785. The SMILES string of the molecule is CC(C)(C)c1ccc2ccc3cc(-c4cc5c6c(c4)N(c4cc(-c7ccccc7)cc(-c7ccccc7)c4)c4cc7ccccc7cc4B6c4cc6ccccc6cc4N5c4cc(-c5ccccc5)cc(-c5ccccc5)c4)cc4ccc1c2c34. The van der Waals surface area contributed by atoms with E-state index in [1.807, 2.05) is 0 Å². The summed E-state index contributed by atoms with van der Waals surface area (Å²) in [5, 5.41) is 12.6. The summed E-state index contributed by atoms with van der Waals surface area (Å²) < 4.78 is 0. The molecule has 85 heavy (non-hydrogen) atoms. The fourth-order valence-corrected chi connectivity index (χ4v) is 14.4. The van der Waals surface area contributed by atoms with Crippen LogP contribution in [0.5, 0.6) is 0 Å². The second kappa shape index (κ2) is 19.0. The van der Waals surface area contributed by atoms with Gasteiger partial charge >= 0.3 is 0 Å². The monoisotopic (exact) mass is 1080 g/mol. The summed E-state index contributed by atoms with van der Waals surface area (Å²) in [5.74, 6) is 0. The van der Waals surface area contributed by atoms with Crippen LogP contribution in [-0.4, -0.2) is 6.71 Å². The number of anilines is 6. The summed E-state index contributed by atoms with van der Waals surface area (Å²) in [7, 11) is 0. The van der Waals surface area contributed by atoms with Crippen molar-refractivity contribution in [2.45, 2.75) is 26.2 Å². The number of hydrogen-bond acceptors (Lipinski definition) is 2. The summed E-state index contributed by atoms with van der Waals surface area (Å²) in [6.45, 7) is 6.88. The summed E-state index contributed by atoms with van der Waals surface area (Å²) >= 11 is 0. The van der Waals surface area contributed by atoms with E-state index in [0.29, 0.717) is 0 Å². The van der Waals surface area contributed by atoms with Gasteiger partial charge in [0.2, 0.25) is 0 Å². The van der Waals surface area contributed by atoms with Gasteiger partial charge in [-0.3, -0.25) is 0 Å². The van der Waals surface area contributed by atoms with E-state index in [2.05, 4.69) is 322 Å². The Balaban J connectivity index is 1.02. The Morgan fingerprint density at radius 2 is 0.612 bits per heavy atom. The van der Waals surface area contributed by atoms with Crippen molar-refractivity contribution in [2.24, 2.45) is 0 Å². The van der Waals surface area contributed by atoms with Gasteiger partial charge in [0.25, 0.3) is 6.71 Å². The molecule has 0 aromatic heterocycles. The van der Waals surface area contributed by atoms with Crippen LogP contribution in [0.4, 0.5) is 34.1 Å². The van der Waals surface area contributed by atoms with Crippen LogP contribution in [0.25, 0.3) is 109 Å². The van der Waals surface area contributed by atoms with Gasteiger partial charge in [-0.2, -0.15) is 0 Å². The number of nitrogens with zero attached hydrogens (tertiary/aromatic N) is 2. The normalized spacial score (nSPS) is 12.8. The molecule has 2 heterocycles. The van der Waals surface area contributed by atoms with E-state index in [-0.39, 0.29) is 12.1 Å². The topological polar surface area (TPSA) is 6.48 Å². The van der Waals surface area contributed by atoms with Gasteiger partial charge in [0.1, 0.15) is 0 Å². The van der Waals surface area contributed by atoms with Crippen molar-refractivity contribution < 1.29 is 0 Å². The van der Waals surface area contributed by atoms with Gasteiger partial charge in [-0.25, -0.2) is 0 Å². The first-order valence-corrected chi connectivity index (χ1v) is 29.8. The van der Waals surface area contributed by atoms with Crippen molar-refractivity contribution >= 4 is 111 Å². The minimum Gasteiger partial charge on any atom is -0.311 e. The molecule has 3 heteroatoms. The van der Waals surface area contributed by atoms with Crippen molar-refractivity contribution in [2.75, 3.05) is 9.80 Å². The highest BCUT2D eigenvalue weighted by Crippen LogP contribution is 2.51. The largest absolute Gasteiger partial charge is 0.311 e. The highest BCUT2D eigenvalue weighted by molar-refractivity contribution is 7.00. The van der Waals surface area contributed by atoms with Gasteiger partial charge in [0.05, 0.1) is 0 Å². The maximum atomic E-state index is 2.62. The minimum absolute atomic E-state index is 0.00560. The molecule has 0 unspecified atom stereocenters. The zero-order valence-electron chi connectivity index (χ0n) is 47.7. The molecule has 2 aliphatic heterocycles. The van der Waals surface area contributed by atoms with Crippen LogP contribution in [0, 0.1) is 0 Å². The van der Waals surface area contributed by atoms with Crippen LogP contribution in [0.2, 0.25) is 0 Å². The van der Waals surface area contributed by atoms with Crippen LogP contribution < -0.4 is 26.2 Å². The van der Waals surface area contributed by atoms with E-state index < -0.39 is 0 Å². The molecular formula is C82H57BN2. The lowest BCUT2D eigenvalue weighted by Crippen LogP contribution is -2.61. The van der Waals surface area contributed by atoms with Gasteiger partial charge in [0, 0.05) is 34.1 Å². The van der Waals surface area contributed by atoms with Crippen LogP contribution in [0.3, 0.4) is 0 Å². The van der Waals surface area contributed by atoms with Crippen molar-refractivity contribution in [1.29, 1.82) is 0 Å². The summed E-state index contributed by atoms with van der Waals surface area (Å²) in [4.78, 5) is 5.25. The molecule has 398 valence electrons. The lowest BCUT2D eigenvalue weighted by atomic mass is 9.33. The fraction of sp³-hybridized carbons (Fsp3) is 0.0488. The average molecular weight is 1080 g/mol. The van der Waals surface area contributed by atoms with Crippen molar-refractivity contribution in [1.82, 2.24) is 0 Å². The highest BCUT2D eigenvalue weighted by atomic mass is 15.2. The maximum Gasteiger partial charge on any atom is 0.252 e. The molecule has 17 rings (SSSR count). The second-order valence-corrected chi connectivity index (χ2v) is 24.5. The minimum atomic E-state index is -0.120. The third-order valence-electron chi connectivity index (χ3n) is 18.3. The molecule has 0 saturated heterocycles. The van der Waals surface area contributed by atoms with Gasteiger partial charge < -0.3 is 9.80 Å². The van der Waals surface area contributed by atoms with Crippen LogP contribution in [-0.2, 0) is 5.41 Å². The molecule has 0 fully saturated rings. The van der Waals surface area contributed by atoms with Crippen molar-refractivity contribution in [3.05, 3.63) is 297 Å². The van der Waals surface area contributed by atoms with E-state index in [4.69, 9.17) is 0 Å². The first-order valence-electron chi connectivity index (χ1n) is 29.8. The number of fused-ring (bicyclic) bond motifs is 6. The zero-order chi connectivity index (χ0) is 56.5. The molecule has 0 spiro atoms. The molecule has 2 nitrogen and oxygen atoms in total. The van der Waals surface area contributed by atoms with Crippen LogP contribution in [0.15, 0.2) is 291 Å². The lowest BCUT2D eigenvalue weighted by molar-refractivity contribution is 0.596. The Kier molecular flexibility index (Phi) is 11.0. The zero-order valence-corrected chi connectivity index (χ0v) is 47.7. The predicted molar refractivity (Wildman–Crippen MR) is 365 cm³/mol. The van der Waals surface area contributed by atoms with Crippen molar-refractivity contribution in [3.63, 3.8) is 0 Å². The van der Waals surface area contributed by atoms with E-state index in [1.165, 1.54) is 115 Å². The molecule has 0 aliphatic carbocycles. The third kappa shape index (κ3) is 8.02. The smallest absolute Gasteiger partial charge is 0.252 e. The Bertz CT molecular complexity index is 4790. The van der Waals surface area contributed by atoms with Crippen LogP contribution >= 0.6 is 0 Å². The Morgan fingerprint density at radius 1 is 0.259 bits per heavy atom. The van der Waals surface area contributed by atoms with E-state index in [1.54, 1.807) is 0 Å². The number of hydrogen-bond donors (Lipinski definition) is 0. The summed E-state index contributed by atoms with van der Waals surface area (Å²) in [5.41, 5.74) is 23.8. The Morgan fingerprint density at radius 3 is 1.04 bits per heavy atom. The van der Waals surface area contributed by atoms with Gasteiger partial charge in [-0.05, 0) is 210 Å². The maximum absolute atomic E-state index is 2.62. The third-order valence-corrected chi connectivity index (χ3v) is 18.3. The molecule has 2 aliphatic rings. The Labute approximate surface area is 496 Å². The molecule has 0 N–H and O–H groups in total. The first-order chi connectivity index (χ1) is 41.7. The quantitative estimate of drug-likeness (QED) is 0.116. The van der Waals surface area contributed by atoms with E-state index in [0.717, 1.165) is 50.6 Å². The van der Waals surface area contributed by atoms with Gasteiger partial charge in [-0.15, -0.1) is 0 Å². The van der Waals surface area contributed by atoms with Gasteiger partial charge in [0.15, 0.2) is 0 Å². The van der Waals surface area contributed by atoms with Gasteiger partial charge in [-0.1, -0.05) is 239 Å². The van der Waals surface area contributed by atoms with Crippen LogP contribution in [0.1, 0.15) is 26.3 Å². The molecule has 0 saturated carbocycles. The number of benzene rings is 15. The fourth-order valence-electron chi connectivity index (χ4n) is 14.4. The number of rotatable bonds is 7. The van der Waals surface area contributed by atoms with E-state index in [9.17, 15) is 0 Å². The molecule has 15 aromatic rings. The predicted octanol–water partition coefficient (Wildman–Crippen LogP) is 20.6. The molecule has 0 amide bonds. The molecule has 0 atom stereocenters. The van der Waals surface area contributed by atoms with Crippen molar-refractivity contribution in [3.8, 4) is 55.6 Å². The lowest BCUT2D eigenvalue weighted by Gasteiger charge is -2.45. The second-order valence-electron chi connectivity index (χ2n) is 24.5. The standard InChI is InChI=1S/C82H57BN2/c1-82(2,3)72-37-35-56-32-33-61-38-63(39-62-34-36-71(72)80(56)79(61)62)68-50-77-81-78(51-68)85(70-44-66(54-24-12-6-13-25-54)41-67(45-70)55-26-14-7-15-27-55)76-49-60-31-19-17-29-58(60)47-74(76)83(81)73-46-57-28-16-18-30-59(57)48-75(73)84(77)69-42-64(52-20-8-4-9-21-52)40-65(43-69)53-22-10-5-11-23-53/h4-51H,1-3H3. The molecule has 0 bridgehead atoms. The Hall–Kier alpha value is -10.5.